The highest BCUT2D eigenvalue weighted by atomic mass is 16.6. The van der Waals surface area contributed by atoms with Gasteiger partial charge in [-0.3, -0.25) is 19.7 Å². The van der Waals surface area contributed by atoms with Crippen LogP contribution in [0.4, 0.5) is 5.69 Å². The molecule has 0 radical (unpaired) electrons. The summed E-state index contributed by atoms with van der Waals surface area (Å²) in [6, 6.07) is 4.65. The molecular formula is C15H18N2O5. The molecule has 1 aliphatic rings. The number of carboxylic acid groups (broad SMARTS) is 1. The number of carbonyl (C=O) groups excluding carboxylic acids is 1. The molecule has 1 heterocycles. The Kier molecular flexibility index (Phi) is 4.16. The zero-order valence-electron chi connectivity index (χ0n) is 12.5. The van der Waals surface area contributed by atoms with Crippen LogP contribution in [0.1, 0.15) is 24.5 Å². The number of nitrogens with zero attached hydrogens (tertiary/aromatic N) is 2. The molecule has 1 aromatic rings. The number of amides is 1. The van der Waals surface area contributed by atoms with Crippen molar-refractivity contribution in [3.8, 4) is 0 Å². The number of rotatable bonds is 4. The predicted molar refractivity (Wildman–Crippen MR) is 78.5 cm³/mol. The molecule has 1 aromatic carbocycles. The lowest BCUT2D eigenvalue weighted by atomic mass is 9.90. The predicted octanol–water partition coefficient (Wildman–Crippen LogP) is 1.77. The number of carboxylic acids is 1. The van der Waals surface area contributed by atoms with Gasteiger partial charge in [-0.2, -0.15) is 0 Å². The van der Waals surface area contributed by atoms with Crippen molar-refractivity contribution in [2.45, 2.75) is 26.7 Å². The zero-order chi connectivity index (χ0) is 16.5. The molecule has 2 rings (SSSR count). The fourth-order valence-electron chi connectivity index (χ4n) is 2.68. The van der Waals surface area contributed by atoms with E-state index in [-0.39, 0.29) is 24.6 Å². The van der Waals surface area contributed by atoms with Crippen molar-refractivity contribution >= 4 is 17.6 Å². The summed E-state index contributed by atoms with van der Waals surface area (Å²) in [5, 5.41) is 20.1. The van der Waals surface area contributed by atoms with Gasteiger partial charge in [0.2, 0.25) is 5.91 Å². The summed E-state index contributed by atoms with van der Waals surface area (Å²) in [5.74, 6) is -1.11. The maximum Gasteiger partial charge on any atom is 0.311 e. The maximum absolute atomic E-state index is 12.3. The van der Waals surface area contributed by atoms with Crippen molar-refractivity contribution in [3.63, 3.8) is 0 Å². The van der Waals surface area contributed by atoms with Gasteiger partial charge in [0.25, 0.3) is 5.69 Å². The molecule has 7 nitrogen and oxygen atoms in total. The quantitative estimate of drug-likeness (QED) is 0.675. The molecule has 118 valence electrons. The third kappa shape index (κ3) is 2.93. The lowest BCUT2D eigenvalue weighted by Gasteiger charge is -2.20. The van der Waals surface area contributed by atoms with E-state index in [1.54, 1.807) is 26.0 Å². The van der Waals surface area contributed by atoms with Gasteiger partial charge in [-0.15, -0.1) is 0 Å². The van der Waals surface area contributed by atoms with Crippen LogP contribution in [0.25, 0.3) is 0 Å². The molecular weight excluding hydrogens is 288 g/mol. The smallest absolute Gasteiger partial charge is 0.311 e. The van der Waals surface area contributed by atoms with Crippen LogP contribution in [0.5, 0.6) is 0 Å². The van der Waals surface area contributed by atoms with E-state index in [2.05, 4.69) is 0 Å². The second-order valence-corrected chi connectivity index (χ2v) is 5.93. The first kappa shape index (κ1) is 15.9. The fraction of sp³-hybridized carbons (Fsp3) is 0.467. The van der Waals surface area contributed by atoms with E-state index in [1.165, 1.54) is 11.0 Å². The Bertz CT molecular complexity index is 643. The van der Waals surface area contributed by atoms with Gasteiger partial charge >= 0.3 is 5.97 Å². The Labute approximate surface area is 127 Å². The minimum absolute atomic E-state index is 0.0119. The third-order valence-electron chi connectivity index (χ3n) is 4.30. The summed E-state index contributed by atoms with van der Waals surface area (Å²) in [7, 11) is 0. The normalized spacial score (nSPS) is 20.9. The zero-order valence-corrected chi connectivity index (χ0v) is 12.5. The van der Waals surface area contributed by atoms with E-state index >= 15 is 0 Å². The summed E-state index contributed by atoms with van der Waals surface area (Å²) in [4.78, 5) is 35.5. The highest BCUT2D eigenvalue weighted by Gasteiger charge is 2.42. The number of benzene rings is 1. The van der Waals surface area contributed by atoms with Crippen molar-refractivity contribution < 1.29 is 19.6 Å². The molecule has 1 amide bonds. The summed E-state index contributed by atoms with van der Waals surface area (Å²) in [6.07, 6.45) is 0.463. The van der Waals surface area contributed by atoms with Gasteiger partial charge in [-0.1, -0.05) is 12.1 Å². The first-order chi connectivity index (χ1) is 10.2. The van der Waals surface area contributed by atoms with Crippen LogP contribution in [0.3, 0.4) is 0 Å². The number of nitro groups is 1. The largest absolute Gasteiger partial charge is 0.481 e. The Morgan fingerprint density at radius 3 is 2.68 bits per heavy atom. The highest BCUT2D eigenvalue weighted by Crippen LogP contribution is 2.31. The highest BCUT2D eigenvalue weighted by molar-refractivity contribution is 5.82. The van der Waals surface area contributed by atoms with Crippen LogP contribution < -0.4 is 0 Å². The summed E-state index contributed by atoms with van der Waals surface area (Å²) < 4.78 is 0. The minimum Gasteiger partial charge on any atom is -0.481 e. The van der Waals surface area contributed by atoms with Crippen LogP contribution in [0.2, 0.25) is 0 Å². The molecule has 0 aromatic heterocycles. The first-order valence-corrected chi connectivity index (χ1v) is 6.98. The van der Waals surface area contributed by atoms with E-state index in [1.807, 2.05) is 0 Å². The lowest BCUT2D eigenvalue weighted by Crippen LogP contribution is -2.35. The van der Waals surface area contributed by atoms with Gasteiger partial charge in [0, 0.05) is 24.7 Å². The Morgan fingerprint density at radius 2 is 2.14 bits per heavy atom. The Morgan fingerprint density at radius 1 is 1.45 bits per heavy atom. The first-order valence-electron chi connectivity index (χ1n) is 6.98. The number of likely N-dealkylation sites (tertiary alicyclic amines) is 1. The summed E-state index contributed by atoms with van der Waals surface area (Å²) >= 11 is 0. The van der Waals surface area contributed by atoms with Gasteiger partial charge in [0.15, 0.2) is 0 Å². The number of hydrogen-bond donors (Lipinski definition) is 1. The molecule has 1 aliphatic heterocycles. The van der Waals surface area contributed by atoms with E-state index < -0.39 is 16.3 Å². The topological polar surface area (TPSA) is 101 Å². The second-order valence-electron chi connectivity index (χ2n) is 5.93. The molecule has 0 bridgehead atoms. The molecule has 1 unspecified atom stereocenters. The van der Waals surface area contributed by atoms with E-state index in [9.17, 15) is 24.8 Å². The number of hydrogen-bond acceptors (Lipinski definition) is 4. The van der Waals surface area contributed by atoms with E-state index in [0.717, 1.165) is 0 Å². The fourth-order valence-corrected chi connectivity index (χ4v) is 2.68. The van der Waals surface area contributed by atoms with Crippen LogP contribution in [-0.4, -0.2) is 39.9 Å². The third-order valence-corrected chi connectivity index (χ3v) is 4.30. The lowest BCUT2D eigenvalue weighted by molar-refractivity contribution is -0.385. The summed E-state index contributed by atoms with van der Waals surface area (Å²) in [6.45, 7) is 3.82. The molecule has 1 saturated heterocycles. The molecule has 0 saturated carbocycles. The SMILES string of the molecule is Cc1c(CC(=O)N2CCC(C)(C(=O)O)C2)cccc1[N+](=O)[O-]. The van der Waals surface area contributed by atoms with Gasteiger partial charge in [0.05, 0.1) is 16.8 Å². The van der Waals surface area contributed by atoms with Gasteiger partial charge < -0.3 is 10.0 Å². The molecule has 22 heavy (non-hydrogen) atoms. The van der Waals surface area contributed by atoms with Crippen molar-refractivity contribution in [1.82, 2.24) is 4.90 Å². The van der Waals surface area contributed by atoms with Crippen molar-refractivity contribution in [3.05, 3.63) is 39.4 Å². The van der Waals surface area contributed by atoms with Crippen LogP contribution in [0, 0.1) is 22.5 Å². The van der Waals surface area contributed by atoms with Crippen molar-refractivity contribution in [2.24, 2.45) is 5.41 Å². The maximum atomic E-state index is 12.3. The van der Waals surface area contributed by atoms with Crippen molar-refractivity contribution in [2.75, 3.05) is 13.1 Å². The van der Waals surface area contributed by atoms with E-state index in [4.69, 9.17) is 0 Å². The van der Waals surface area contributed by atoms with Gasteiger partial charge in [0.1, 0.15) is 0 Å². The Balaban J connectivity index is 2.13. The standard InChI is InChI=1S/C15H18N2O5/c1-10-11(4-3-5-12(10)17(21)22)8-13(18)16-7-6-15(2,9-16)14(19)20/h3-5H,6-9H2,1-2H3,(H,19,20). The number of carbonyl (C=O) groups is 2. The summed E-state index contributed by atoms with van der Waals surface area (Å²) in [5.41, 5.74) is 0.152. The molecule has 7 heteroatoms. The van der Waals surface area contributed by atoms with Gasteiger partial charge in [-0.25, -0.2) is 0 Å². The van der Waals surface area contributed by atoms with Crippen LogP contribution in [0.15, 0.2) is 18.2 Å². The van der Waals surface area contributed by atoms with Gasteiger partial charge in [-0.05, 0) is 25.8 Å². The number of aliphatic carboxylic acids is 1. The minimum atomic E-state index is -0.909. The average molecular weight is 306 g/mol. The van der Waals surface area contributed by atoms with Crippen molar-refractivity contribution in [1.29, 1.82) is 0 Å². The molecule has 1 fully saturated rings. The monoisotopic (exact) mass is 306 g/mol. The van der Waals surface area contributed by atoms with Crippen LogP contribution >= 0.6 is 0 Å². The van der Waals surface area contributed by atoms with Crippen LogP contribution in [-0.2, 0) is 16.0 Å². The molecule has 0 spiro atoms. The molecule has 0 aliphatic carbocycles. The molecule has 1 N–H and O–H groups in total. The second kappa shape index (κ2) is 5.75. The van der Waals surface area contributed by atoms with E-state index in [0.29, 0.717) is 24.1 Å². The average Bonchev–Trinajstić information content (AvgIpc) is 2.85. The molecule has 1 atom stereocenters. The Hall–Kier alpha value is -2.44. The number of nitro benzene ring substituents is 1.